The van der Waals surface area contributed by atoms with Crippen molar-refractivity contribution in [3.05, 3.63) is 126 Å². The normalized spacial score (nSPS) is 12.1. The van der Waals surface area contributed by atoms with Gasteiger partial charge in [-0.15, -0.1) is 17.7 Å². The number of nitrogens with zero attached hydrogens (tertiary/aromatic N) is 1. The molecule has 0 amide bonds. The van der Waals surface area contributed by atoms with Gasteiger partial charge in [0, 0.05) is 55.2 Å². The molecule has 2 aromatic heterocycles. The van der Waals surface area contributed by atoms with E-state index in [4.69, 9.17) is 4.42 Å². The van der Waals surface area contributed by atoms with E-state index in [1.54, 1.807) is 37.3 Å². The summed E-state index contributed by atoms with van der Waals surface area (Å²) < 4.78 is 77.9. The number of fused-ring (bicyclic) bond motifs is 6. The van der Waals surface area contributed by atoms with Gasteiger partial charge in [-0.2, -0.15) is 13.2 Å². The first kappa shape index (κ1) is 42.2. The molecule has 0 saturated heterocycles. The van der Waals surface area contributed by atoms with Gasteiger partial charge >= 0.3 is 6.18 Å². The number of pyridine rings is 1. The van der Waals surface area contributed by atoms with Crippen molar-refractivity contribution in [3.8, 4) is 22.4 Å². The summed E-state index contributed by atoms with van der Waals surface area (Å²) in [6.45, 7) is 9.86. The molecule has 0 aliphatic carbocycles. The molecule has 0 aliphatic heterocycles. The molecule has 1 N–H and O–H groups in total. The summed E-state index contributed by atoms with van der Waals surface area (Å²) in [6.07, 6.45) is 1.00. The minimum absolute atomic E-state index is 0. The number of carbonyl (C=O) groups is 1. The molecule has 2 heterocycles. The second-order valence-electron chi connectivity index (χ2n) is 13.7. The summed E-state index contributed by atoms with van der Waals surface area (Å²) in [4.78, 5) is 16.0. The van der Waals surface area contributed by atoms with Crippen molar-refractivity contribution in [2.75, 3.05) is 0 Å². The van der Waals surface area contributed by atoms with E-state index < -0.39 is 23.4 Å². The number of aryl methyl sites for hydroxylation is 1. The molecular weight excluding hydrogens is 902 g/mol. The summed E-state index contributed by atoms with van der Waals surface area (Å²) in [5, 5.41) is 11.6. The Labute approximate surface area is 335 Å². The molecule has 7 aromatic rings. The number of aliphatic hydroxyl groups is 1. The molecule has 0 bridgehead atoms. The van der Waals surface area contributed by atoms with Crippen molar-refractivity contribution < 1.29 is 56.4 Å². The van der Waals surface area contributed by atoms with Crippen LogP contribution in [0.5, 0.6) is 0 Å². The Bertz CT molecular complexity index is 2550. The fourth-order valence-electron chi connectivity index (χ4n) is 7.22. The Morgan fingerprint density at radius 2 is 1.50 bits per heavy atom. The molecule has 10 heteroatoms. The summed E-state index contributed by atoms with van der Waals surface area (Å²) in [6, 6.07) is 23.9. The molecule has 4 nitrogen and oxygen atoms in total. The number of ketones is 1. The number of benzene rings is 5. The van der Waals surface area contributed by atoms with Gasteiger partial charge in [-0.05, 0) is 82.8 Å². The van der Waals surface area contributed by atoms with Gasteiger partial charge in [0.2, 0.25) is 0 Å². The number of hydrogen-bond donors (Lipinski definition) is 1. The van der Waals surface area contributed by atoms with E-state index in [2.05, 4.69) is 11.1 Å². The third-order valence-corrected chi connectivity index (χ3v) is 10.3. The molecule has 0 fully saturated rings. The predicted molar refractivity (Wildman–Crippen MR) is 210 cm³/mol. The molecular formula is C46H41F5IrNO3-. The summed E-state index contributed by atoms with van der Waals surface area (Å²) >= 11 is 0. The van der Waals surface area contributed by atoms with Gasteiger partial charge in [-0.1, -0.05) is 94.1 Å². The van der Waals surface area contributed by atoms with E-state index in [1.165, 1.54) is 30.3 Å². The van der Waals surface area contributed by atoms with Crippen LogP contribution in [-0.4, -0.2) is 15.9 Å². The maximum Gasteiger partial charge on any atom is 0.418 e. The average Bonchev–Trinajstić information content (AvgIpc) is 3.51. The number of aromatic nitrogens is 1. The Morgan fingerprint density at radius 1 is 0.839 bits per heavy atom. The van der Waals surface area contributed by atoms with Gasteiger partial charge in [0.25, 0.3) is 0 Å². The number of hydrogen-bond acceptors (Lipinski definition) is 4. The topological polar surface area (TPSA) is 63.3 Å². The van der Waals surface area contributed by atoms with Gasteiger partial charge in [-0.25, -0.2) is 8.78 Å². The maximum absolute atomic E-state index is 15.3. The van der Waals surface area contributed by atoms with Crippen LogP contribution in [0.25, 0.3) is 65.9 Å². The number of carbonyl (C=O) groups excluding carboxylic acids is 1. The van der Waals surface area contributed by atoms with Crippen molar-refractivity contribution in [1.82, 2.24) is 4.98 Å². The van der Waals surface area contributed by atoms with E-state index in [-0.39, 0.29) is 65.3 Å². The third-order valence-electron chi connectivity index (χ3n) is 10.3. The molecule has 0 aliphatic rings. The zero-order valence-electron chi connectivity index (χ0n) is 31.6. The Morgan fingerprint density at radius 3 is 2.14 bits per heavy atom. The number of rotatable bonds is 9. The van der Waals surface area contributed by atoms with Crippen molar-refractivity contribution in [1.29, 1.82) is 0 Å². The van der Waals surface area contributed by atoms with Crippen molar-refractivity contribution in [2.45, 2.75) is 66.5 Å². The van der Waals surface area contributed by atoms with Crippen LogP contribution in [0.2, 0.25) is 0 Å². The number of aliphatic hydroxyl groups excluding tert-OH is 1. The Balaban J connectivity index is 0.000000322. The second kappa shape index (κ2) is 17.5. The Hall–Kier alpha value is -4.92. The van der Waals surface area contributed by atoms with Crippen molar-refractivity contribution in [3.63, 3.8) is 0 Å². The third kappa shape index (κ3) is 8.42. The molecule has 0 atom stereocenters. The van der Waals surface area contributed by atoms with Crippen LogP contribution in [0.4, 0.5) is 22.0 Å². The van der Waals surface area contributed by atoms with Crippen LogP contribution in [0.1, 0.15) is 64.5 Å². The van der Waals surface area contributed by atoms with Crippen molar-refractivity contribution in [2.24, 2.45) is 11.8 Å². The van der Waals surface area contributed by atoms with Gasteiger partial charge in [0.15, 0.2) is 5.78 Å². The van der Waals surface area contributed by atoms with Gasteiger partial charge in [0.05, 0.1) is 16.9 Å². The first-order valence-corrected chi connectivity index (χ1v) is 18.5. The minimum atomic E-state index is -4.69. The van der Waals surface area contributed by atoms with E-state index in [0.717, 1.165) is 37.9 Å². The summed E-state index contributed by atoms with van der Waals surface area (Å²) in [5.74, 6) is -0.427. The second-order valence-corrected chi connectivity index (χ2v) is 13.7. The summed E-state index contributed by atoms with van der Waals surface area (Å²) in [7, 11) is 0. The maximum atomic E-state index is 15.3. The standard InChI is InChI=1S/C33H17F5NO.C13H24O2.Ir/c1-17-11-25-24-14-28(35)23(18-5-3-2-4-6-18)15-29(24)40-32(25)26(12-17)31-22-9-7-19-13-20(34)8-10-21(19)30(22)27(16-39-31)33(36,37)38;1-5-10(6-2)12(14)9-13(15)11(7-3)8-4;/h2-11,13-16H,1H3;9-11,14H,5-8H2,1-4H3;/q-1;;/b;12-9-;. The first-order chi connectivity index (χ1) is 26.3. The Kier molecular flexibility index (Phi) is 13.2. The van der Waals surface area contributed by atoms with Crippen LogP contribution in [0.15, 0.2) is 101 Å². The number of halogens is 5. The largest absolute Gasteiger partial charge is 0.512 e. The SMILES string of the molecule is CCC(CC)C(=O)/C=C(\O)C(CC)CC.Cc1[c-]c(-c2ncc(C(F)(F)F)c3c2ccc2cc(F)ccc23)c2oc3cc(-c4ccccc4)c(F)cc3c2c1.[Ir]. The quantitative estimate of drug-likeness (QED) is 0.0515. The van der Waals surface area contributed by atoms with E-state index >= 15 is 4.39 Å². The monoisotopic (exact) mass is 943 g/mol. The molecule has 0 spiro atoms. The molecule has 7 rings (SSSR count). The molecule has 0 unspecified atom stereocenters. The van der Waals surface area contributed by atoms with Gasteiger partial charge < -0.3 is 14.5 Å². The van der Waals surface area contributed by atoms with Crippen LogP contribution in [0, 0.1) is 36.5 Å². The molecule has 293 valence electrons. The zero-order chi connectivity index (χ0) is 39.6. The number of allylic oxidation sites excluding steroid dienone is 2. The predicted octanol–water partition coefficient (Wildman–Crippen LogP) is 13.9. The van der Waals surface area contributed by atoms with E-state index in [0.29, 0.717) is 49.6 Å². The summed E-state index contributed by atoms with van der Waals surface area (Å²) in [5.41, 5.74) is 2.14. The fraction of sp³-hybridized carbons (Fsp3) is 0.261. The molecule has 0 saturated carbocycles. The van der Waals surface area contributed by atoms with E-state index in [9.17, 15) is 27.5 Å². The van der Waals surface area contributed by atoms with Crippen LogP contribution in [0.3, 0.4) is 0 Å². The zero-order valence-corrected chi connectivity index (χ0v) is 34.0. The first-order valence-electron chi connectivity index (χ1n) is 18.5. The average molecular weight is 943 g/mol. The number of alkyl halides is 3. The molecule has 5 aromatic carbocycles. The van der Waals surface area contributed by atoms with Crippen LogP contribution in [-0.2, 0) is 31.1 Å². The molecule has 1 radical (unpaired) electrons. The smallest absolute Gasteiger partial charge is 0.418 e. The molecule has 56 heavy (non-hydrogen) atoms. The van der Waals surface area contributed by atoms with E-state index in [1.807, 2.05) is 45.9 Å². The van der Waals surface area contributed by atoms with Crippen LogP contribution < -0.4 is 0 Å². The van der Waals surface area contributed by atoms with Crippen LogP contribution >= 0.6 is 0 Å². The minimum Gasteiger partial charge on any atom is -0.512 e. The number of furan rings is 1. The van der Waals surface area contributed by atoms with Crippen molar-refractivity contribution >= 4 is 49.3 Å². The van der Waals surface area contributed by atoms with Gasteiger partial charge in [-0.3, -0.25) is 4.79 Å². The van der Waals surface area contributed by atoms with Gasteiger partial charge in [0.1, 0.15) is 17.2 Å². The fourth-order valence-corrected chi connectivity index (χ4v) is 7.22.